The minimum absolute atomic E-state index is 0.479. The van der Waals surface area contributed by atoms with Crippen LogP contribution in [-0.4, -0.2) is 11.0 Å². The summed E-state index contributed by atoms with van der Waals surface area (Å²) in [6.07, 6.45) is 4.36. The van der Waals surface area contributed by atoms with Gasteiger partial charge in [0.2, 0.25) is 5.88 Å². The highest BCUT2D eigenvalue weighted by molar-refractivity contribution is 9.10. The Kier molecular flexibility index (Phi) is 4.69. The van der Waals surface area contributed by atoms with Crippen molar-refractivity contribution in [2.75, 3.05) is 0 Å². The number of benzene rings is 1. The smallest absolute Gasteiger partial charge is 0.219 e. The van der Waals surface area contributed by atoms with Gasteiger partial charge in [0.25, 0.3) is 0 Å². The number of hydrogen-bond donors (Lipinski definition) is 1. The molecule has 1 saturated carbocycles. The summed E-state index contributed by atoms with van der Waals surface area (Å²) in [5, 5.41) is 4.46. The summed E-state index contributed by atoms with van der Waals surface area (Å²) in [6.45, 7) is 0.836. The molecule has 1 aliphatic carbocycles. The maximum atomic E-state index is 6.12. The van der Waals surface area contributed by atoms with Crippen LogP contribution in [0.25, 0.3) is 0 Å². The number of halogens is 3. The number of hydrogen-bond acceptors (Lipinski definition) is 3. The number of rotatable bonds is 5. The van der Waals surface area contributed by atoms with Gasteiger partial charge in [0.05, 0.1) is 10.0 Å². The maximum absolute atomic E-state index is 6.12. The Bertz CT molecular complexity index is 645. The predicted molar refractivity (Wildman–Crippen MR) is 88.3 cm³/mol. The van der Waals surface area contributed by atoms with E-state index in [2.05, 4.69) is 26.2 Å². The van der Waals surface area contributed by atoms with Crippen molar-refractivity contribution in [3.63, 3.8) is 0 Å². The normalized spacial score (nSPS) is 14.2. The molecule has 0 spiro atoms. The van der Waals surface area contributed by atoms with Crippen molar-refractivity contribution < 1.29 is 4.74 Å². The van der Waals surface area contributed by atoms with Gasteiger partial charge in [0.1, 0.15) is 5.75 Å². The predicted octanol–water partition coefficient (Wildman–Crippen LogP) is 5.20. The molecular weight excluding hydrogens is 375 g/mol. The molecule has 0 bridgehead atoms. The molecule has 0 radical (unpaired) electrons. The number of ether oxygens (including phenoxy) is 1. The van der Waals surface area contributed by atoms with Gasteiger partial charge in [-0.2, -0.15) is 0 Å². The Morgan fingerprint density at radius 3 is 2.71 bits per heavy atom. The summed E-state index contributed by atoms with van der Waals surface area (Å²) in [5.74, 6) is 0.978. The number of pyridine rings is 1. The molecule has 1 aromatic heterocycles. The lowest BCUT2D eigenvalue weighted by Crippen LogP contribution is -2.15. The second-order valence-electron chi connectivity index (χ2n) is 4.96. The van der Waals surface area contributed by atoms with E-state index in [1.807, 2.05) is 12.1 Å². The lowest BCUT2D eigenvalue weighted by molar-refractivity contribution is 0.462. The van der Waals surface area contributed by atoms with E-state index in [9.17, 15) is 0 Å². The average molecular weight is 388 g/mol. The van der Waals surface area contributed by atoms with Crippen molar-refractivity contribution in [2.24, 2.45) is 0 Å². The van der Waals surface area contributed by atoms with Gasteiger partial charge in [-0.05, 0) is 40.4 Å². The fourth-order valence-corrected chi connectivity index (χ4v) is 2.65. The van der Waals surface area contributed by atoms with E-state index < -0.39 is 0 Å². The summed E-state index contributed by atoms with van der Waals surface area (Å²) >= 11 is 15.5. The SMILES string of the molecule is Clc1cc(Oc2ccc(CNC3CC3)cn2)c(Cl)cc1Br. The lowest BCUT2D eigenvalue weighted by atomic mass is 10.3. The highest BCUT2D eigenvalue weighted by Gasteiger charge is 2.19. The zero-order valence-electron chi connectivity index (χ0n) is 11.1. The lowest BCUT2D eigenvalue weighted by Gasteiger charge is -2.09. The molecular formula is C15H13BrCl2N2O. The van der Waals surface area contributed by atoms with Crippen molar-refractivity contribution in [1.82, 2.24) is 10.3 Å². The van der Waals surface area contributed by atoms with Gasteiger partial charge in [-0.25, -0.2) is 4.98 Å². The molecule has 110 valence electrons. The Balaban J connectivity index is 1.68. The highest BCUT2D eigenvalue weighted by atomic mass is 79.9. The van der Waals surface area contributed by atoms with E-state index in [0.717, 1.165) is 16.6 Å². The van der Waals surface area contributed by atoms with Crippen molar-refractivity contribution in [3.8, 4) is 11.6 Å². The molecule has 1 N–H and O–H groups in total. The van der Waals surface area contributed by atoms with Gasteiger partial charge in [0, 0.05) is 35.4 Å². The molecule has 1 heterocycles. The van der Waals surface area contributed by atoms with Gasteiger partial charge in [-0.3, -0.25) is 0 Å². The Hall–Kier alpha value is -0.810. The van der Waals surface area contributed by atoms with Crippen LogP contribution in [0.15, 0.2) is 34.9 Å². The minimum Gasteiger partial charge on any atom is -0.437 e. The zero-order chi connectivity index (χ0) is 14.8. The fourth-order valence-electron chi connectivity index (χ4n) is 1.82. The molecule has 0 aliphatic heterocycles. The van der Waals surface area contributed by atoms with Crippen LogP contribution in [0.2, 0.25) is 10.0 Å². The van der Waals surface area contributed by atoms with Crippen LogP contribution in [0, 0.1) is 0 Å². The Labute approximate surface area is 141 Å². The van der Waals surface area contributed by atoms with E-state index in [4.69, 9.17) is 27.9 Å². The van der Waals surface area contributed by atoms with Crippen molar-refractivity contribution in [3.05, 3.63) is 50.5 Å². The van der Waals surface area contributed by atoms with Crippen LogP contribution in [0.1, 0.15) is 18.4 Å². The molecule has 6 heteroatoms. The van der Waals surface area contributed by atoms with Gasteiger partial charge in [-0.15, -0.1) is 0 Å². The van der Waals surface area contributed by atoms with Crippen LogP contribution in [0.4, 0.5) is 0 Å². The first kappa shape index (κ1) is 15.1. The average Bonchev–Trinajstić information content (AvgIpc) is 3.28. The molecule has 0 unspecified atom stereocenters. The third-order valence-electron chi connectivity index (χ3n) is 3.16. The summed E-state index contributed by atoms with van der Waals surface area (Å²) in [7, 11) is 0. The third-order valence-corrected chi connectivity index (χ3v) is 4.65. The third kappa shape index (κ3) is 4.10. The van der Waals surface area contributed by atoms with E-state index in [0.29, 0.717) is 27.7 Å². The van der Waals surface area contributed by atoms with Gasteiger partial charge < -0.3 is 10.1 Å². The molecule has 2 aromatic rings. The summed E-state index contributed by atoms with van der Waals surface area (Å²) in [5.41, 5.74) is 1.13. The van der Waals surface area contributed by atoms with Gasteiger partial charge in [0.15, 0.2) is 0 Å². The van der Waals surface area contributed by atoms with Crippen LogP contribution < -0.4 is 10.1 Å². The molecule has 0 saturated heterocycles. The monoisotopic (exact) mass is 386 g/mol. The maximum Gasteiger partial charge on any atom is 0.219 e. The molecule has 1 aromatic carbocycles. The van der Waals surface area contributed by atoms with E-state index >= 15 is 0 Å². The number of aromatic nitrogens is 1. The second-order valence-corrected chi connectivity index (χ2v) is 6.63. The minimum atomic E-state index is 0.479. The molecule has 21 heavy (non-hydrogen) atoms. The van der Waals surface area contributed by atoms with Crippen molar-refractivity contribution in [2.45, 2.75) is 25.4 Å². The van der Waals surface area contributed by atoms with Gasteiger partial charge in [-0.1, -0.05) is 29.3 Å². The fraction of sp³-hybridized carbons (Fsp3) is 0.267. The van der Waals surface area contributed by atoms with Crippen molar-refractivity contribution >= 4 is 39.1 Å². The molecule has 3 nitrogen and oxygen atoms in total. The summed E-state index contributed by atoms with van der Waals surface area (Å²) in [6, 6.07) is 7.87. The first-order valence-electron chi connectivity index (χ1n) is 6.62. The van der Waals surface area contributed by atoms with Crippen LogP contribution in [0.5, 0.6) is 11.6 Å². The standard InChI is InChI=1S/C15H13BrCl2N2O/c16-11-5-13(18)14(6-12(11)17)21-15-4-1-9(8-20-15)7-19-10-2-3-10/h1,4-6,8,10,19H,2-3,7H2. The molecule has 1 aliphatic rings. The number of nitrogens with one attached hydrogen (secondary N) is 1. The van der Waals surface area contributed by atoms with Crippen LogP contribution in [0.3, 0.4) is 0 Å². The topological polar surface area (TPSA) is 34.1 Å². The summed E-state index contributed by atoms with van der Waals surface area (Å²) in [4.78, 5) is 4.29. The molecule has 0 amide bonds. The Morgan fingerprint density at radius 1 is 1.24 bits per heavy atom. The molecule has 0 atom stereocenters. The largest absolute Gasteiger partial charge is 0.437 e. The quantitative estimate of drug-likeness (QED) is 0.716. The van der Waals surface area contributed by atoms with Crippen LogP contribution in [-0.2, 0) is 6.54 Å². The first-order valence-corrected chi connectivity index (χ1v) is 8.17. The number of nitrogens with zero attached hydrogens (tertiary/aromatic N) is 1. The highest BCUT2D eigenvalue weighted by Crippen LogP contribution is 2.36. The van der Waals surface area contributed by atoms with Crippen LogP contribution >= 0.6 is 39.1 Å². The van der Waals surface area contributed by atoms with E-state index in [1.54, 1.807) is 18.3 Å². The Morgan fingerprint density at radius 2 is 2.05 bits per heavy atom. The van der Waals surface area contributed by atoms with Crippen molar-refractivity contribution in [1.29, 1.82) is 0 Å². The molecule has 1 fully saturated rings. The van der Waals surface area contributed by atoms with E-state index in [1.165, 1.54) is 12.8 Å². The molecule has 3 rings (SSSR count). The van der Waals surface area contributed by atoms with E-state index in [-0.39, 0.29) is 0 Å². The second kappa shape index (κ2) is 6.53. The van der Waals surface area contributed by atoms with Gasteiger partial charge >= 0.3 is 0 Å². The zero-order valence-corrected chi connectivity index (χ0v) is 14.2. The summed E-state index contributed by atoms with van der Waals surface area (Å²) < 4.78 is 6.40. The first-order chi connectivity index (χ1) is 10.1.